The number of carbonyl (C=O) groups is 2. The van der Waals surface area contributed by atoms with Gasteiger partial charge in [0.05, 0.1) is 12.2 Å². The molecule has 0 bridgehead atoms. The van der Waals surface area contributed by atoms with E-state index in [9.17, 15) is 32.3 Å². The summed E-state index contributed by atoms with van der Waals surface area (Å²) in [7, 11) is 0. The van der Waals surface area contributed by atoms with Gasteiger partial charge in [-0.25, -0.2) is 9.18 Å². The molecule has 1 amide bonds. The SMILES string of the molecule is O=C(O)c1cccc(C(=O)NC2(c3ccc(OC(F)(F)F)c(F)c3)CCOc3cccnc32)c1. The van der Waals surface area contributed by atoms with Crippen LogP contribution in [-0.4, -0.2) is 34.9 Å². The Morgan fingerprint density at radius 2 is 1.85 bits per heavy atom. The van der Waals surface area contributed by atoms with E-state index < -0.39 is 35.3 Å². The number of hydrogen-bond donors (Lipinski definition) is 2. The minimum absolute atomic E-state index is 0.0146. The second-order valence-corrected chi connectivity index (χ2v) is 7.39. The molecule has 1 aliphatic rings. The van der Waals surface area contributed by atoms with Crippen molar-refractivity contribution in [2.75, 3.05) is 6.61 Å². The van der Waals surface area contributed by atoms with Gasteiger partial charge in [0.2, 0.25) is 0 Å². The molecule has 34 heavy (non-hydrogen) atoms. The smallest absolute Gasteiger partial charge is 0.491 e. The van der Waals surface area contributed by atoms with E-state index in [1.54, 1.807) is 12.1 Å². The van der Waals surface area contributed by atoms with Gasteiger partial charge < -0.3 is 19.9 Å². The van der Waals surface area contributed by atoms with Gasteiger partial charge in [0.15, 0.2) is 11.6 Å². The molecular formula is C23H16F4N2O5. The number of aromatic carboxylic acids is 1. The molecule has 0 saturated heterocycles. The van der Waals surface area contributed by atoms with Crippen LogP contribution < -0.4 is 14.8 Å². The first-order valence-corrected chi connectivity index (χ1v) is 9.89. The van der Waals surface area contributed by atoms with Gasteiger partial charge in [-0.05, 0) is 48.0 Å². The summed E-state index contributed by atoms with van der Waals surface area (Å²) in [6, 6.07) is 11.3. The average Bonchev–Trinajstić information content (AvgIpc) is 2.80. The van der Waals surface area contributed by atoms with Crippen LogP contribution in [0.25, 0.3) is 0 Å². The van der Waals surface area contributed by atoms with E-state index in [0.717, 1.165) is 12.1 Å². The van der Waals surface area contributed by atoms with E-state index in [1.165, 1.54) is 36.5 Å². The highest BCUT2D eigenvalue weighted by Gasteiger charge is 2.43. The van der Waals surface area contributed by atoms with Crippen LogP contribution in [0.2, 0.25) is 0 Å². The van der Waals surface area contributed by atoms with Crippen LogP contribution in [0, 0.1) is 5.82 Å². The third-order valence-electron chi connectivity index (χ3n) is 5.26. The molecule has 0 spiro atoms. The van der Waals surface area contributed by atoms with Gasteiger partial charge >= 0.3 is 12.3 Å². The molecule has 0 saturated carbocycles. The lowest BCUT2D eigenvalue weighted by Crippen LogP contribution is -2.50. The fourth-order valence-electron chi connectivity index (χ4n) is 3.77. The molecule has 0 aliphatic carbocycles. The Balaban J connectivity index is 1.80. The molecule has 1 unspecified atom stereocenters. The van der Waals surface area contributed by atoms with Crippen molar-refractivity contribution >= 4 is 11.9 Å². The number of aromatic nitrogens is 1. The number of alkyl halides is 3. The zero-order valence-corrected chi connectivity index (χ0v) is 17.2. The monoisotopic (exact) mass is 476 g/mol. The fraction of sp³-hybridized carbons (Fsp3) is 0.174. The summed E-state index contributed by atoms with van der Waals surface area (Å²) in [6.07, 6.45) is -3.59. The first-order chi connectivity index (χ1) is 16.1. The number of fused-ring (bicyclic) bond motifs is 1. The maximum Gasteiger partial charge on any atom is 0.573 e. The number of rotatable bonds is 5. The van der Waals surface area contributed by atoms with E-state index in [0.29, 0.717) is 5.75 Å². The highest BCUT2D eigenvalue weighted by Crippen LogP contribution is 2.42. The highest BCUT2D eigenvalue weighted by molar-refractivity contribution is 5.98. The molecule has 176 valence electrons. The fourth-order valence-corrected chi connectivity index (χ4v) is 3.77. The number of carboxylic acids is 1. The summed E-state index contributed by atoms with van der Waals surface area (Å²) in [5, 5.41) is 12.0. The normalized spacial score (nSPS) is 17.3. The second kappa shape index (κ2) is 8.65. The molecule has 0 fully saturated rings. The van der Waals surface area contributed by atoms with Crippen molar-refractivity contribution in [2.24, 2.45) is 0 Å². The Hall–Kier alpha value is -4.15. The number of benzene rings is 2. The van der Waals surface area contributed by atoms with Gasteiger partial charge in [0.1, 0.15) is 17.0 Å². The molecule has 2 aromatic carbocycles. The van der Waals surface area contributed by atoms with E-state index >= 15 is 0 Å². The van der Waals surface area contributed by atoms with E-state index in [2.05, 4.69) is 15.0 Å². The van der Waals surface area contributed by atoms with Crippen LogP contribution in [-0.2, 0) is 5.54 Å². The lowest BCUT2D eigenvalue weighted by Gasteiger charge is -2.39. The summed E-state index contributed by atoms with van der Waals surface area (Å²) in [5.41, 5.74) is -1.27. The van der Waals surface area contributed by atoms with E-state index in [4.69, 9.17) is 4.74 Å². The number of pyridine rings is 1. The summed E-state index contributed by atoms with van der Waals surface area (Å²) in [4.78, 5) is 28.8. The van der Waals surface area contributed by atoms with Crippen LogP contribution in [0.4, 0.5) is 17.6 Å². The minimum Gasteiger partial charge on any atom is -0.491 e. The number of nitrogens with zero attached hydrogens (tertiary/aromatic N) is 1. The number of hydrogen-bond acceptors (Lipinski definition) is 5. The molecule has 1 aliphatic heterocycles. The van der Waals surface area contributed by atoms with Crippen LogP contribution in [0.5, 0.6) is 11.5 Å². The highest BCUT2D eigenvalue weighted by atomic mass is 19.4. The average molecular weight is 476 g/mol. The maximum atomic E-state index is 14.6. The van der Waals surface area contributed by atoms with Crippen LogP contribution in [0.1, 0.15) is 38.4 Å². The molecule has 2 heterocycles. The predicted octanol–water partition coefficient (Wildman–Crippen LogP) is 4.27. The molecule has 4 rings (SSSR count). The number of nitrogens with one attached hydrogen (secondary N) is 1. The number of carboxylic acid groups (broad SMARTS) is 1. The van der Waals surface area contributed by atoms with Gasteiger partial charge in [-0.3, -0.25) is 9.78 Å². The Bertz CT molecular complexity index is 1260. The Kier molecular flexibility index (Phi) is 5.86. The molecule has 1 aromatic heterocycles. The van der Waals surface area contributed by atoms with Crippen molar-refractivity contribution in [2.45, 2.75) is 18.3 Å². The van der Waals surface area contributed by atoms with Crippen LogP contribution >= 0.6 is 0 Å². The number of amides is 1. The molecule has 0 radical (unpaired) electrons. The summed E-state index contributed by atoms with van der Waals surface area (Å²) >= 11 is 0. The third kappa shape index (κ3) is 4.49. The quantitative estimate of drug-likeness (QED) is 0.534. The summed E-state index contributed by atoms with van der Waals surface area (Å²) in [5.74, 6) is -3.95. The van der Waals surface area contributed by atoms with Crippen LogP contribution in [0.15, 0.2) is 60.8 Å². The lowest BCUT2D eigenvalue weighted by atomic mass is 9.81. The molecule has 1 atom stereocenters. The van der Waals surface area contributed by atoms with Gasteiger partial charge in [-0.2, -0.15) is 0 Å². The van der Waals surface area contributed by atoms with Crippen molar-refractivity contribution in [3.8, 4) is 11.5 Å². The molecule has 11 heteroatoms. The summed E-state index contributed by atoms with van der Waals surface area (Å²) in [6.45, 7) is 0.0799. The molecular weight excluding hydrogens is 460 g/mol. The van der Waals surface area contributed by atoms with E-state index in [-0.39, 0.29) is 35.4 Å². The summed E-state index contributed by atoms with van der Waals surface area (Å²) < 4.78 is 61.7. The zero-order chi connectivity index (χ0) is 24.5. The van der Waals surface area contributed by atoms with Gasteiger partial charge in [-0.1, -0.05) is 12.1 Å². The topological polar surface area (TPSA) is 97.8 Å². The largest absolute Gasteiger partial charge is 0.573 e. The predicted molar refractivity (Wildman–Crippen MR) is 109 cm³/mol. The Morgan fingerprint density at radius 1 is 1.09 bits per heavy atom. The Morgan fingerprint density at radius 3 is 2.56 bits per heavy atom. The first-order valence-electron chi connectivity index (χ1n) is 9.89. The van der Waals surface area contributed by atoms with E-state index in [1.807, 2.05) is 0 Å². The van der Waals surface area contributed by atoms with Gasteiger partial charge in [-0.15, -0.1) is 13.2 Å². The standard InChI is InChI=1S/C23H16F4N2O5/c24-16-12-15(6-7-17(16)34-23(25,26)27)22(8-10-33-18-5-2-9-28-19(18)22)29-20(30)13-3-1-4-14(11-13)21(31)32/h1-7,9,11-12H,8,10H2,(H,29,30)(H,31,32). The molecule has 7 nitrogen and oxygen atoms in total. The Labute approximate surface area is 190 Å². The van der Waals surface area contributed by atoms with Crippen molar-refractivity contribution < 1.29 is 41.7 Å². The van der Waals surface area contributed by atoms with Gasteiger partial charge in [0, 0.05) is 18.2 Å². The number of carbonyl (C=O) groups excluding carboxylic acids is 1. The minimum atomic E-state index is -5.09. The number of halogens is 4. The number of ether oxygens (including phenoxy) is 2. The first kappa shape index (κ1) is 23.0. The van der Waals surface area contributed by atoms with Crippen molar-refractivity contribution in [3.05, 3.63) is 89.0 Å². The lowest BCUT2D eigenvalue weighted by molar-refractivity contribution is -0.275. The second-order valence-electron chi connectivity index (χ2n) is 7.39. The molecule has 3 aromatic rings. The van der Waals surface area contributed by atoms with Crippen LogP contribution in [0.3, 0.4) is 0 Å². The van der Waals surface area contributed by atoms with Gasteiger partial charge in [0.25, 0.3) is 5.91 Å². The van der Waals surface area contributed by atoms with Crippen molar-refractivity contribution in [1.29, 1.82) is 0 Å². The zero-order valence-electron chi connectivity index (χ0n) is 17.2. The maximum absolute atomic E-state index is 14.6. The van der Waals surface area contributed by atoms with Crippen molar-refractivity contribution in [1.82, 2.24) is 10.3 Å². The third-order valence-corrected chi connectivity index (χ3v) is 5.26. The molecule has 2 N–H and O–H groups in total. The van der Waals surface area contributed by atoms with Crippen molar-refractivity contribution in [3.63, 3.8) is 0 Å².